The highest BCUT2D eigenvalue weighted by atomic mass is 19.4. The Bertz CT molecular complexity index is 1160. The van der Waals surface area contributed by atoms with Gasteiger partial charge in [0.05, 0.1) is 23.9 Å². The van der Waals surface area contributed by atoms with E-state index in [1.54, 1.807) is 12.1 Å². The summed E-state index contributed by atoms with van der Waals surface area (Å²) >= 11 is 0. The molecule has 1 amide bonds. The standard InChI is InChI=1S/C19H14F3N7O/c20-19(21,22)13-4-6-16(26-9-13)28-10-15(24)29-17(18(28)30)12(8-27-29)3-1-11-2-5-14(23)25-7-11/h2,4-9,15H,10,24H2,(H2,23,25). The lowest BCUT2D eigenvalue weighted by molar-refractivity contribution is -0.137. The number of hydrogen-bond acceptors (Lipinski definition) is 6. The molecule has 0 radical (unpaired) electrons. The maximum absolute atomic E-state index is 13.0. The van der Waals surface area contributed by atoms with E-state index in [0.717, 1.165) is 12.1 Å². The van der Waals surface area contributed by atoms with Crippen molar-refractivity contribution >= 4 is 17.5 Å². The van der Waals surface area contributed by atoms with Gasteiger partial charge in [-0.25, -0.2) is 14.6 Å². The van der Waals surface area contributed by atoms with Crippen molar-refractivity contribution in [1.29, 1.82) is 0 Å². The molecule has 0 aromatic carbocycles. The summed E-state index contributed by atoms with van der Waals surface area (Å²) in [5, 5.41) is 4.13. The smallest absolute Gasteiger partial charge is 0.384 e. The first-order chi connectivity index (χ1) is 14.2. The van der Waals surface area contributed by atoms with Crippen LogP contribution in [-0.4, -0.2) is 32.2 Å². The summed E-state index contributed by atoms with van der Waals surface area (Å²) < 4.78 is 39.7. The summed E-state index contributed by atoms with van der Waals surface area (Å²) in [7, 11) is 0. The number of fused-ring (bicyclic) bond motifs is 1. The lowest BCUT2D eigenvalue weighted by atomic mass is 10.1. The molecule has 3 aromatic heterocycles. The van der Waals surface area contributed by atoms with E-state index in [9.17, 15) is 18.0 Å². The minimum Gasteiger partial charge on any atom is -0.384 e. The van der Waals surface area contributed by atoms with Crippen LogP contribution in [0.4, 0.5) is 24.8 Å². The SMILES string of the molecule is Nc1ccc(C#Cc2cnn3c2C(=O)N(c2ccc(C(F)(F)F)cn2)CC3N)cn1. The number of nitrogens with zero attached hydrogens (tertiary/aromatic N) is 5. The molecule has 0 saturated carbocycles. The summed E-state index contributed by atoms with van der Waals surface area (Å²) in [5.41, 5.74) is 11.8. The van der Waals surface area contributed by atoms with Crippen LogP contribution in [0.5, 0.6) is 0 Å². The van der Waals surface area contributed by atoms with Crippen LogP contribution in [0.15, 0.2) is 42.9 Å². The first-order valence-electron chi connectivity index (χ1n) is 8.66. The van der Waals surface area contributed by atoms with E-state index in [4.69, 9.17) is 11.5 Å². The molecule has 4 heterocycles. The Labute approximate surface area is 168 Å². The molecule has 4 rings (SSSR count). The third-order valence-corrected chi connectivity index (χ3v) is 4.41. The molecule has 1 atom stereocenters. The second-order valence-corrected chi connectivity index (χ2v) is 6.46. The second kappa shape index (κ2) is 7.16. The zero-order valence-electron chi connectivity index (χ0n) is 15.3. The van der Waals surface area contributed by atoms with Crippen molar-refractivity contribution in [2.24, 2.45) is 5.73 Å². The monoisotopic (exact) mass is 413 g/mol. The maximum Gasteiger partial charge on any atom is 0.417 e. The van der Waals surface area contributed by atoms with Gasteiger partial charge in [-0.05, 0) is 24.3 Å². The van der Waals surface area contributed by atoms with Crippen LogP contribution in [0.2, 0.25) is 0 Å². The molecule has 11 heteroatoms. The van der Waals surface area contributed by atoms with Gasteiger partial charge >= 0.3 is 6.18 Å². The Hall–Kier alpha value is -3.91. The highest BCUT2D eigenvalue weighted by Gasteiger charge is 2.35. The second-order valence-electron chi connectivity index (χ2n) is 6.46. The van der Waals surface area contributed by atoms with Gasteiger partial charge in [0.2, 0.25) is 0 Å². The fraction of sp³-hybridized carbons (Fsp3) is 0.158. The van der Waals surface area contributed by atoms with Crippen LogP contribution in [-0.2, 0) is 6.18 Å². The summed E-state index contributed by atoms with van der Waals surface area (Å²) in [5.74, 6) is 5.61. The normalized spacial score (nSPS) is 16.1. The molecule has 0 fully saturated rings. The number of alkyl halides is 3. The van der Waals surface area contributed by atoms with Crippen LogP contribution in [0, 0.1) is 11.8 Å². The van der Waals surface area contributed by atoms with E-state index < -0.39 is 23.8 Å². The molecule has 1 aliphatic heterocycles. The average molecular weight is 413 g/mol. The maximum atomic E-state index is 13.0. The van der Waals surface area contributed by atoms with Crippen molar-refractivity contribution in [2.75, 3.05) is 17.2 Å². The Morgan fingerprint density at radius 1 is 1.07 bits per heavy atom. The number of pyridine rings is 2. The molecule has 0 aliphatic carbocycles. The quantitative estimate of drug-likeness (QED) is 0.588. The first-order valence-corrected chi connectivity index (χ1v) is 8.66. The number of nitrogens with two attached hydrogens (primary N) is 2. The third-order valence-electron chi connectivity index (χ3n) is 4.41. The number of nitrogen functional groups attached to an aromatic ring is 1. The van der Waals surface area contributed by atoms with Gasteiger partial charge in [-0.1, -0.05) is 11.8 Å². The first kappa shape index (κ1) is 19.4. The number of anilines is 2. The topological polar surface area (TPSA) is 116 Å². The number of rotatable bonds is 1. The van der Waals surface area contributed by atoms with Gasteiger partial charge in [0.25, 0.3) is 5.91 Å². The van der Waals surface area contributed by atoms with Crippen molar-refractivity contribution in [3.8, 4) is 11.8 Å². The van der Waals surface area contributed by atoms with E-state index in [2.05, 4.69) is 26.9 Å². The van der Waals surface area contributed by atoms with E-state index in [-0.39, 0.29) is 18.1 Å². The predicted molar refractivity (Wildman–Crippen MR) is 101 cm³/mol. The molecule has 8 nitrogen and oxygen atoms in total. The summed E-state index contributed by atoms with van der Waals surface area (Å²) in [6, 6.07) is 5.26. The van der Waals surface area contributed by atoms with E-state index >= 15 is 0 Å². The van der Waals surface area contributed by atoms with Gasteiger partial charge in [-0.3, -0.25) is 9.69 Å². The summed E-state index contributed by atoms with van der Waals surface area (Å²) in [6.45, 7) is 0.000624. The van der Waals surface area contributed by atoms with Gasteiger partial charge < -0.3 is 11.5 Å². The zero-order valence-corrected chi connectivity index (χ0v) is 15.3. The van der Waals surface area contributed by atoms with Gasteiger partial charge in [0.1, 0.15) is 23.5 Å². The average Bonchev–Trinajstić information content (AvgIpc) is 3.15. The highest BCUT2D eigenvalue weighted by molar-refractivity contribution is 6.06. The van der Waals surface area contributed by atoms with Crippen LogP contribution in [0.1, 0.15) is 33.3 Å². The van der Waals surface area contributed by atoms with Crippen molar-refractivity contribution in [2.45, 2.75) is 12.3 Å². The van der Waals surface area contributed by atoms with Crippen molar-refractivity contribution < 1.29 is 18.0 Å². The van der Waals surface area contributed by atoms with Crippen LogP contribution < -0.4 is 16.4 Å². The number of hydrogen-bond donors (Lipinski definition) is 2. The van der Waals surface area contributed by atoms with Crippen molar-refractivity contribution in [3.63, 3.8) is 0 Å². The number of amides is 1. The van der Waals surface area contributed by atoms with E-state index in [1.165, 1.54) is 22.0 Å². The van der Waals surface area contributed by atoms with Crippen LogP contribution >= 0.6 is 0 Å². The molecule has 3 aromatic rings. The number of carbonyl (C=O) groups is 1. The fourth-order valence-corrected chi connectivity index (χ4v) is 2.92. The molecule has 152 valence electrons. The molecule has 0 spiro atoms. The Balaban J connectivity index is 1.67. The molecule has 4 N–H and O–H groups in total. The fourth-order valence-electron chi connectivity index (χ4n) is 2.92. The highest BCUT2D eigenvalue weighted by Crippen LogP contribution is 2.30. The Kier molecular flexibility index (Phi) is 4.63. The van der Waals surface area contributed by atoms with Crippen molar-refractivity contribution in [3.05, 3.63) is 65.2 Å². The minimum atomic E-state index is -4.52. The molecular weight excluding hydrogens is 399 g/mol. The molecule has 0 bridgehead atoms. The molecular formula is C19H14F3N7O. The zero-order chi connectivity index (χ0) is 21.5. The van der Waals surface area contributed by atoms with Gasteiger partial charge in [-0.15, -0.1) is 0 Å². The number of aromatic nitrogens is 4. The Morgan fingerprint density at radius 2 is 1.87 bits per heavy atom. The van der Waals surface area contributed by atoms with Crippen molar-refractivity contribution in [1.82, 2.24) is 19.7 Å². The molecule has 30 heavy (non-hydrogen) atoms. The Morgan fingerprint density at radius 3 is 2.50 bits per heavy atom. The van der Waals surface area contributed by atoms with E-state index in [1.807, 2.05) is 0 Å². The van der Waals surface area contributed by atoms with Gasteiger partial charge in [0, 0.05) is 18.0 Å². The third kappa shape index (κ3) is 3.56. The predicted octanol–water partition coefficient (Wildman–Crippen LogP) is 1.79. The van der Waals surface area contributed by atoms with Gasteiger partial charge in [0.15, 0.2) is 0 Å². The van der Waals surface area contributed by atoms with Crippen LogP contribution in [0.3, 0.4) is 0 Å². The summed E-state index contributed by atoms with van der Waals surface area (Å²) in [6.07, 6.45) is -1.66. The summed E-state index contributed by atoms with van der Waals surface area (Å²) in [4.78, 5) is 22.0. The van der Waals surface area contributed by atoms with Crippen LogP contribution in [0.25, 0.3) is 0 Å². The minimum absolute atomic E-state index is 0.000624. The number of halogens is 3. The largest absolute Gasteiger partial charge is 0.417 e. The van der Waals surface area contributed by atoms with Gasteiger partial charge in [-0.2, -0.15) is 18.3 Å². The number of carbonyl (C=O) groups excluding carboxylic acids is 1. The lowest BCUT2D eigenvalue weighted by Gasteiger charge is -2.31. The molecule has 1 unspecified atom stereocenters. The molecule has 0 saturated heterocycles. The molecule has 1 aliphatic rings. The lowest BCUT2D eigenvalue weighted by Crippen LogP contribution is -2.47. The van der Waals surface area contributed by atoms with E-state index in [0.29, 0.717) is 23.1 Å².